The third-order valence-electron chi connectivity index (χ3n) is 12.6. The van der Waals surface area contributed by atoms with E-state index in [1.54, 1.807) is 0 Å². The van der Waals surface area contributed by atoms with Crippen LogP contribution in [0.4, 0.5) is 5.69 Å². The SMILES string of the molecule is C=C1C=C(C)c2ccc(NC(=O)CCC(C)C3CCC4C5C(O)CC6CC(O)CCC6(C)C5CCC34C)cc2O1. The summed E-state index contributed by atoms with van der Waals surface area (Å²) in [5, 5.41) is 24.9. The summed E-state index contributed by atoms with van der Waals surface area (Å²) >= 11 is 0. The van der Waals surface area contributed by atoms with Gasteiger partial charge in [-0.1, -0.05) is 27.4 Å². The van der Waals surface area contributed by atoms with Gasteiger partial charge in [-0.25, -0.2) is 0 Å². The van der Waals surface area contributed by atoms with Gasteiger partial charge in [0.1, 0.15) is 11.5 Å². The molecule has 3 N–H and O–H groups in total. The van der Waals surface area contributed by atoms with Gasteiger partial charge in [-0.15, -0.1) is 0 Å². The highest BCUT2D eigenvalue weighted by Crippen LogP contribution is 2.68. The number of fused-ring (bicyclic) bond motifs is 6. The maximum atomic E-state index is 13.0. The highest BCUT2D eigenvalue weighted by Gasteiger charge is 2.62. The summed E-state index contributed by atoms with van der Waals surface area (Å²) in [7, 11) is 0. The Morgan fingerprint density at radius 1 is 1.10 bits per heavy atom. The molecule has 10 unspecified atom stereocenters. The standard InChI is InChI=1S/C35H49NO4/c1-20(6-11-32(39)36-24-7-8-26-21(2)16-22(3)40-31(26)19-24)27-9-10-28-33-29(13-15-35(27,28)5)34(4)14-12-25(37)17-23(34)18-30(33)38/h7-8,16,19-20,23,25,27-30,33,37-38H,3,6,9-15,17-18H2,1-2,4-5H3,(H,36,39). The van der Waals surface area contributed by atoms with E-state index in [1.165, 1.54) is 25.7 Å². The van der Waals surface area contributed by atoms with E-state index in [1.807, 2.05) is 31.2 Å². The van der Waals surface area contributed by atoms with E-state index >= 15 is 0 Å². The van der Waals surface area contributed by atoms with Crippen molar-refractivity contribution in [1.29, 1.82) is 0 Å². The van der Waals surface area contributed by atoms with E-state index in [-0.39, 0.29) is 28.9 Å². The predicted octanol–water partition coefficient (Wildman–Crippen LogP) is 7.34. The lowest BCUT2D eigenvalue weighted by molar-refractivity contribution is -0.174. The lowest BCUT2D eigenvalue weighted by atomic mass is 9.43. The van der Waals surface area contributed by atoms with Gasteiger partial charge in [0.05, 0.1) is 12.2 Å². The second-order valence-electron chi connectivity index (χ2n) is 14.6. The van der Waals surface area contributed by atoms with Gasteiger partial charge in [-0.2, -0.15) is 0 Å². The van der Waals surface area contributed by atoms with E-state index in [0.717, 1.165) is 54.7 Å². The number of allylic oxidation sites excluding steroid dienone is 2. The van der Waals surface area contributed by atoms with Crippen LogP contribution in [-0.2, 0) is 4.79 Å². The van der Waals surface area contributed by atoms with Crippen molar-refractivity contribution in [3.05, 3.63) is 42.2 Å². The van der Waals surface area contributed by atoms with Gasteiger partial charge in [0.2, 0.25) is 5.91 Å². The van der Waals surface area contributed by atoms with Gasteiger partial charge < -0.3 is 20.3 Å². The van der Waals surface area contributed by atoms with Crippen molar-refractivity contribution in [2.24, 2.45) is 46.3 Å². The first-order chi connectivity index (χ1) is 19.0. The monoisotopic (exact) mass is 547 g/mol. The number of aliphatic hydroxyl groups is 2. The fourth-order valence-corrected chi connectivity index (χ4v) is 10.5. The molecule has 6 rings (SSSR count). The molecule has 5 heteroatoms. The van der Waals surface area contributed by atoms with E-state index in [2.05, 4.69) is 32.7 Å². The molecule has 4 aliphatic carbocycles. The molecule has 1 aromatic rings. The highest BCUT2D eigenvalue weighted by molar-refractivity contribution is 5.91. The average molecular weight is 548 g/mol. The molecule has 10 atom stereocenters. The molecule has 1 amide bonds. The molecule has 1 aromatic carbocycles. The topological polar surface area (TPSA) is 78.8 Å². The molecule has 218 valence electrons. The summed E-state index contributed by atoms with van der Waals surface area (Å²) < 4.78 is 5.79. The van der Waals surface area contributed by atoms with Crippen LogP contribution in [0.5, 0.6) is 5.75 Å². The number of aliphatic hydroxyl groups excluding tert-OH is 2. The normalized spacial score (nSPS) is 41.0. The zero-order chi connectivity index (χ0) is 28.4. The summed E-state index contributed by atoms with van der Waals surface area (Å²) in [5.74, 6) is 4.45. The zero-order valence-electron chi connectivity index (χ0n) is 24.9. The fourth-order valence-electron chi connectivity index (χ4n) is 10.5. The van der Waals surface area contributed by atoms with Gasteiger partial charge in [0.25, 0.3) is 0 Å². The Balaban J connectivity index is 1.09. The molecule has 1 aliphatic heterocycles. The molecule has 5 nitrogen and oxygen atoms in total. The summed E-state index contributed by atoms with van der Waals surface area (Å²) in [6.45, 7) is 13.3. The Morgan fingerprint density at radius 3 is 2.65 bits per heavy atom. The number of nitrogens with one attached hydrogen (secondary N) is 1. The summed E-state index contributed by atoms with van der Waals surface area (Å²) in [5.41, 5.74) is 3.40. The third kappa shape index (κ3) is 4.65. The number of ether oxygens (including phenoxy) is 1. The number of carbonyl (C=O) groups excluding carboxylic acids is 1. The first kappa shape index (κ1) is 28.0. The number of amides is 1. The van der Waals surface area contributed by atoms with Crippen LogP contribution in [0.15, 0.2) is 36.6 Å². The van der Waals surface area contributed by atoms with Crippen molar-refractivity contribution in [1.82, 2.24) is 0 Å². The summed E-state index contributed by atoms with van der Waals surface area (Å²) in [6, 6.07) is 5.84. The first-order valence-corrected chi connectivity index (χ1v) is 15.8. The minimum absolute atomic E-state index is 0.0539. The van der Waals surface area contributed by atoms with Crippen LogP contribution in [-0.4, -0.2) is 28.3 Å². The number of benzene rings is 1. The van der Waals surface area contributed by atoms with Gasteiger partial charge >= 0.3 is 0 Å². The van der Waals surface area contributed by atoms with Crippen molar-refractivity contribution in [2.75, 3.05) is 5.32 Å². The van der Waals surface area contributed by atoms with Crippen LogP contribution < -0.4 is 10.1 Å². The lowest BCUT2D eigenvalue weighted by Gasteiger charge is -2.62. The molecule has 4 saturated carbocycles. The van der Waals surface area contributed by atoms with E-state index in [9.17, 15) is 15.0 Å². The third-order valence-corrected chi connectivity index (χ3v) is 12.6. The second kappa shape index (κ2) is 10.3. The second-order valence-corrected chi connectivity index (χ2v) is 14.6. The van der Waals surface area contributed by atoms with Crippen LogP contribution >= 0.6 is 0 Å². The lowest BCUT2D eigenvalue weighted by Crippen LogP contribution is -2.58. The number of hydrogen-bond donors (Lipinski definition) is 3. The van der Waals surface area contributed by atoms with Crippen molar-refractivity contribution < 1.29 is 19.7 Å². The smallest absolute Gasteiger partial charge is 0.224 e. The Morgan fingerprint density at radius 2 is 1.85 bits per heavy atom. The molecular weight excluding hydrogens is 498 g/mol. The molecule has 5 aliphatic rings. The van der Waals surface area contributed by atoms with Crippen LogP contribution in [0.2, 0.25) is 0 Å². The van der Waals surface area contributed by atoms with Crippen LogP contribution in [0, 0.1) is 46.3 Å². The number of anilines is 1. The van der Waals surface area contributed by atoms with Gasteiger partial charge in [0.15, 0.2) is 0 Å². The highest BCUT2D eigenvalue weighted by atomic mass is 16.5. The quantitative estimate of drug-likeness (QED) is 0.360. The molecule has 0 aromatic heterocycles. The molecule has 0 bridgehead atoms. The van der Waals surface area contributed by atoms with Crippen LogP contribution in [0.1, 0.15) is 97.5 Å². The largest absolute Gasteiger partial charge is 0.457 e. The van der Waals surface area contributed by atoms with E-state index in [0.29, 0.717) is 47.7 Å². The minimum Gasteiger partial charge on any atom is -0.457 e. The Labute approximate surface area is 240 Å². The van der Waals surface area contributed by atoms with Crippen LogP contribution in [0.25, 0.3) is 5.57 Å². The molecule has 4 fully saturated rings. The van der Waals surface area contributed by atoms with Gasteiger partial charge in [0, 0.05) is 23.7 Å². The predicted molar refractivity (Wildman–Crippen MR) is 160 cm³/mol. The number of hydrogen-bond acceptors (Lipinski definition) is 4. The maximum absolute atomic E-state index is 13.0. The van der Waals surface area contributed by atoms with Crippen molar-refractivity contribution in [2.45, 2.75) is 104 Å². The number of rotatable bonds is 5. The fraction of sp³-hybridized carbons (Fsp3) is 0.686. The van der Waals surface area contributed by atoms with Gasteiger partial charge in [-0.3, -0.25) is 4.79 Å². The molecule has 1 heterocycles. The zero-order valence-corrected chi connectivity index (χ0v) is 24.9. The Bertz CT molecular complexity index is 1210. The molecule has 0 saturated heterocycles. The molecule has 0 radical (unpaired) electrons. The summed E-state index contributed by atoms with van der Waals surface area (Å²) in [4.78, 5) is 13.0. The average Bonchev–Trinajstić information content (AvgIpc) is 3.25. The minimum atomic E-state index is -0.241. The van der Waals surface area contributed by atoms with Crippen molar-refractivity contribution in [3.8, 4) is 5.75 Å². The number of carbonyl (C=O) groups is 1. The van der Waals surface area contributed by atoms with Crippen molar-refractivity contribution >= 4 is 17.2 Å². The van der Waals surface area contributed by atoms with Crippen LogP contribution in [0.3, 0.4) is 0 Å². The molecule has 40 heavy (non-hydrogen) atoms. The van der Waals surface area contributed by atoms with Crippen molar-refractivity contribution in [3.63, 3.8) is 0 Å². The Kier molecular flexibility index (Phi) is 7.22. The Hall–Kier alpha value is -2.11. The van der Waals surface area contributed by atoms with Gasteiger partial charge in [-0.05, 0) is 135 Å². The molecular formula is C35H49NO4. The summed E-state index contributed by atoms with van der Waals surface area (Å²) in [6.07, 6.45) is 11.5. The van der Waals surface area contributed by atoms with E-state index in [4.69, 9.17) is 4.74 Å². The first-order valence-electron chi connectivity index (χ1n) is 15.8. The van der Waals surface area contributed by atoms with E-state index < -0.39 is 0 Å². The maximum Gasteiger partial charge on any atom is 0.224 e. The molecule has 0 spiro atoms.